The molecule has 0 aliphatic carbocycles. The van der Waals surface area contributed by atoms with Crippen LogP contribution >= 0.6 is 0 Å². The summed E-state index contributed by atoms with van der Waals surface area (Å²) in [5, 5.41) is 18.0. The number of guanidine groups is 1. The van der Waals surface area contributed by atoms with Gasteiger partial charge in [0.05, 0.1) is 11.4 Å². The molecule has 0 unspecified atom stereocenters. The normalized spacial score (nSPS) is 15.3. The highest BCUT2D eigenvalue weighted by molar-refractivity contribution is 5.80. The number of aromatic hydroxyl groups is 1. The Morgan fingerprint density at radius 2 is 1.89 bits per heavy atom. The van der Waals surface area contributed by atoms with E-state index in [9.17, 15) is 5.11 Å². The van der Waals surface area contributed by atoms with Gasteiger partial charge in [0.2, 0.25) is 0 Å². The van der Waals surface area contributed by atoms with Crippen LogP contribution in [0.15, 0.2) is 29.3 Å². The number of rotatable bonds is 4. The monoisotopic (exact) mass is 370 g/mol. The van der Waals surface area contributed by atoms with E-state index in [0.29, 0.717) is 5.75 Å². The van der Waals surface area contributed by atoms with Gasteiger partial charge in [-0.15, -0.1) is 0 Å². The zero-order valence-electron chi connectivity index (χ0n) is 16.7. The molecule has 0 saturated carbocycles. The van der Waals surface area contributed by atoms with Crippen LogP contribution in [0.4, 0.5) is 5.69 Å². The SMILES string of the molecule is CN=C(NCCc1c(C)nn(C)c1C)N1CCN(c2ccccc2O)CC1. The lowest BCUT2D eigenvalue weighted by molar-refractivity contribution is 0.370. The van der Waals surface area contributed by atoms with Crippen molar-refractivity contribution >= 4 is 11.6 Å². The van der Waals surface area contributed by atoms with Gasteiger partial charge < -0.3 is 20.2 Å². The lowest BCUT2D eigenvalue weighted by Gasteiger charge is -2.37. The van der Waals surface area contributed by atoms with Gasteiger partial charge in [0, 0.05) is 52.5 Å². The van der Waals surface area contributed by atoms with Gasteiger partial charge in [-0.25, -0.2) is 0 Å². The molecule has 0 radical (unpaired) electrons. The molecule has 2 heterocycles. The standard InChI is InChI=1S/C20H30N6O/c1-15-17(16(2)24(4)23-15)9-10-22-20(21-3)26-13-11-25(12-14-26)18-7-5-6-8-19(18)27/h5-8,27H,9-14H2,1-4H3,(H,21,22). The van der Waals surface area contributed by atoms with Gasteiger partial charge in [0.15, 0.2) is 5.96 Å². The molecule has 1 aliphatic heterocycles. The fraction of sp³-hybridized carbons (Fsp3) is 0.500. The van der Waals surface area contributed by atoms with E-state index >= 15 is 0 Å². The second-order valence-corrected chi connectivity index (χ2v) is 6.96. The number of nitrogens with one attached hydrogen (secondary N) is 1. The van der Waals surface area contributed by atoms with Crippen LogP contribution in [0.25, 0.3) is 0 Å². The zero-order chi connectivity index (χ0) is 19.4. The first-order valence-electron chi connectivity index (χ1n) is 9.49. The molecular weight excluding hydrogens is 340 g/mol. The van der Waals surface area contributed by atoms with Crippen LogP contribution in [0.1, 0.15) is 17.0 Å². The molecule has 146 valence electrons. The van der Waals surface area contributed by atoms with Crippen LogP contribution in [0.5, 0.6) is 5.75 Å². The number of phenolic OH excluding ortho intramolecular Hbond substituents is 1. The molecule has 7 heteroatoms. The van der Waals surface area contributed by atoms with Crippen molar-refractivity contribution in [3.05, 3.63) is 41.2 Å². The van der Waals surface area contributed by atoms with Crippen molar-refractivity contribution in [2.24, 2.45) is 12.0 Å². The van der Waals surface area contributed by atoms with Crippen LogP contribution in [-0.2, 0) is 13.5 Å². The molecule has 1 aromatic heterocycles. The highest BCUT2D eigenvalue weighted by Crippen LogP contribution is 2.27. The van der Waals surface area contributed by atoms with Crippen LogP contribution in [-0.4, -0.2) is 65.5 Å². The number of aromatic nitrogens is 2. The average molecular weight is 371 g/mol. The molecule has 1 aromatic carbocycles. The smallest absolute Gasteiger partial charge is 0.193 e. The highest BCUT2D eigenvalue weighted by Gasteiger charge is 2.21. The second kappa shape index (κ2) is 8.33. The van der Waals surface area contributed by atoms with Gasteiger partial charge in [-0.05, 0) is 38.0 Å². The van der Waals surface area contributed by atoms with Gasteiger partial charge in [0.1, 0.15) is 5.75 Å². The molecule has 0 atom stereocenters. The van der Waals surface area contributed by atoms with Gasteiger partial charge in [0.25, 0.3) is 0 Å². The van der Waals surface area contributed by atoms with Gasteiger partial charge >= 0.3 is 0 Å². The molecule has 1 saturated heterocycles. The quantitative estimate of drug-likeness (QED) is 0.633. The summed E-state index contributed by atoms with van der Waals surface area (Å²) in [6.45, 7) is 8.48. The topological polar surface area (TPSA) is 68.9 Å². The Morgan fingerprint density at radius 1 is 1.19 bits per heavy atom. The lowest BCUT2D eigenvalue weighted by atomic mass is 10.1. The Bertz CT molecular complexity index is 805. The number of benzene rings is 1. The van der Waals surface area contributed by atoms with Gasteiger partial charge in [-0.2, -0.15) is 5.10 Å². The summed E-state index contributed by atoms with van der Waals surface area (Å²) in [5.74, 6) is 1.28. The Balaban J connectivity index is 1.53. The van der Waals surface area contributed by atoms with Crippen molar-refractivity contribution in [3.8, 4) is 5.75 Å². The fourth-order valence-corrected chi connectivity index (χ4v) is 3.70. The van der Waals surface area contributed by atoms with E-state index in [-0.39, 0.29) is 0 Å². The van der Waals surface area contributed by atoms with Crippen molar-refractivity contribution in [1.29, 1.82) is 0 Å². The second-order valence-electron chi connectivity index (χ2n) is 6.96. The number of nitrogens with zero attached hydrogens (tertiary/aromatic N) is 5. The Labute approximate surface area is 161 Å². The van der Waals surface area contributed by atoms with Crippen molar-refractivity contribution in [2.45, 2.75) is 20.3 Å². The van der Waals surface area contributed by atoms with E-state index in [1.807, 2.05) is 37.0 Å². The number of aliphatic imine (C=N–C) groups is 1. The summed E-state index contributed by atoms with van der Waals surface area (Å²) in [7, 11) is 3.82. The van der Waals surface area contributed by atoms with Gasteiger partial charge in [-0.3, -0.25) is 9.67 Å². The molecular formula is C20H30N6O. The average Bonchev–Trinajstić information content (AvgIpc) is 2.92. The van der Waals surface area contributed by atoms with Crippen molar-refractivity contribution in [3.63, 3.8) is 0 Å². The first-order valence-corrected chi connectivity index (χ1v) is 9.49. The minimum absolute atomic E-state index is 0.343. The van der Waals surface area contributed by atoms with E-state index in [4.69, 9.17) is 0 Å². The Hall–Kier alpha value is -2.70. The summed E-state index contributed by atoms with van der Waals surface area (Å²) in [6.07, 6.45) is 0.933. The summed E-state index contributed by atoms with van der Waals surface area (Å²) >= 11 is 0. The maximum absolute atomic E-state index is 10.1. The number of hydrogen-bond donors (Lipinski definition) is 2. The molecule has 0 amide bonds. The van der Waals surface area contributed by atoms with Crippen molar-refractivity contribution in [1.82, 2.24) is 20.0 Å². The third kappa shape index (κ3) is 4.18. The third-order valence-corrected chi connectivity index (χ3v) is 5.33. The van der Waals surface area contributed by atoms with E-state index in [1.54, 1.807) is 6.07 Å². The molecule has 27 heavy (non-hydrogen) atoms. The molecule has 0 spiro atoms. The minimum atomic E-state index is 0.343. The van der Waals surface area contributed by atoms with Crippen LogP contribution in [0.3, 0.4) is 0 Å². The molecule has 7 nitrogen and oxygen atoms in total. The highest BCUT2D eigenvalue weighted by atomic mass is 16.3. The Morgan fingerprint density at radius 3 is 2.48 bits per heavy atom. The lowest BCUT2D eigenvalue weighted by Crippen LogP contribution is -2.52. The summed E-state index contributed by atoms with van der Waals surface area (Å²) in [6, 6.07) is 7.53. The van der Waals surface area contributed by atoms with Crippen molar-refractivity contribution in [2.75, 3.05) is 44.7 Å². The van der Waals surface area contributed by atoms with Crippen LogP contribution in [0, 0.1) is 13.8 Å². The largest absolute Gasteiger partial charge is 0.506 e. The summed E-state index contributed by atoms with van der Waals surface area (Å²) < 4.78 is 1.94. The third-order valence-electron chi connectivity index (χ3n) is 5.33. The molecule has 1 fully saturated rings. The number of piperazine rings is 1. The first-order chi connectivity index (χ1) is 13.0. The van der Waals surface area contributed by atoms with E-state index in [2.05, 4.69) is 39.1 Å². The fourth-order valence-electron chi connectivity index (χ4n) is 3.70. The zero-order valence-corrected chi connectivity index (χ0v) is 16.7. The van der Waals surface area contributed by atoms with Crippen molar-refractivity contribution < 1.29 is 5.11 Å². The number of phenols is 1. The van der Waals surface area contributed by atoms with Crippen LogP contribution < -0.4 is 10.2 Å². The summed E-state index contributed by atoms with van der Waals surface area (Å²) in [5.41, 5.74) is 4.54. The number of aryl methyl sites for hydroxylation is 2. The number of hydrogen-bond acceptors (Lipinski definition) is 4. The first kappa shape index (κ1) is 19.1. The van der Waals surface area contributed by atoms with E-state index in [0.717, 1.165) is 56.5 Å². The predicted molar refractivity (Wildman–Crippen MR) is 110 cm³/mol. The molecule has 0 bridgehead atoms. The Kier molecular flexibility index (Phi) is 5.88. The van der Waals surface area contributed by atoms with E-state index in [1.165, 1.54) is 11.3 Å². The maximum Gasteiger partial charge on any atom is 0.193 e. The van der Waals surface area contributed by atoms with Gasteiger partial charge in [-0.1, -0.05) is 12.1 Å². The summed E-state index contributed by atoms with van der Waals surface area (Å²) in [4.78, 5) is 8.95. The molecule has 2 aromatic rings. The number of anilines is 1. The molecule has 3 rings (SSSR count). The number of para-hydroxylation sites is 2. The molecule has 1 aliphatic rings. The molecule has 2 N–H and O–H groups in total. The van der Waals surface area contributed by atoms with Crippen LogP contribution in [0.2, 0.25) is 0 Å². The van der Waals surface area contributed by atoms with E-state index < -0.39 is 0 Å². The minimum Gasteiger partial charge on any atom is -0.506 e. The maximum atomic E-state index is 10.1. The predicted octanol–water partition coefficient (Wildman–Crippen LogP) is 1.68.